The van der Waals surface area contributed by atoms with E-state index in [2.05, 4.69) is 11.1 Å². The summed E-state index contributed by atoms with van der Waals surface area (Å²) >= 11 is 0. The van der Waals surface area contributed by atoms with E-state index < -0.39 is 0 Å². The van der Waals surface area contributed by atoms with E-state index in [0.717, 1.165) is 41.1 Å². The second kappa shape index (κ2) is 5.63. The zero-order valence-electron chi connectivity index (χ0n) is 12.9. The molecule has 1 saturated heterocycles. The Kier molecular flexibility index (Phi) is 3.46. The summed E-state index contributed by atoms with van der Waals surface area (Å²) in [6.45, 7) is 1.40. The molecule has 3 aromatic rings. The SMILES string of the molecule is NC1CCCN(C(=O)c2cc3ccccc3c3cccnc23)C1. The zero-order valence-corrected chi connectivity index (χ0v) is 12.9. The van der Waals surface area contributed by atoms with Crippen molar-refractivity contribution in [3.05, 3.63) is 54.2 Å². The van der Waals surface area contributed by atoms with Crippen molar-refractivity contribution < 1.29 is 4.79 Å². The third-order valence-corrected chi connectivity index (χ3v) is 4.59. The second-order valence-corrected chi connectivity index (χ2v) is 6.20. The van der Waals surface area contributed by atoms with Gasteiger partial charge in [0.1, 0.15) is 0 Å². The predicted octanol–water partition coefficient (Wildman–Crippen LogP) is 2.95. The minimum Gasteiger partial charge on any atom is -0.337 e. The van der Waals surface area contributed by atoms with E-state index in [4.69, 9.17) is 5.73 Å². The molecule has 2 heterocycles. The smallest absolute Gasteiger partial charge is 0.256 e. The first kappa shape index (κ1) is 14.2. The molecule has 0 spiro atoms. The van der Waals surface area contributed by atoms with Crippen molar-refractivity contribution in [2.24, 2.45) is 5.73 Å². The van der Waals surface area contributed by atoms with Crippen LogP contribution in [-0.2, 0) is 0 Å². The number of aromatic nitrogens is 1. The van der Waals surface area contributed by atoms with Crippen LogP contribution in [0.25, 0.3) is 21.7 Å². The molecular formula is C19H19N3O. The number of nitrogens with zero attached hydrogens (tertiary/aromatic N) is 2. The lowest BCUT2D eigenvalue weighted by Gasteiger charge is -2.31. The molecule has 1 fully saturated rings. The van der Waals surface area contributed by atoms with Gasteiger partial charge in [-0.3, -0.25) is 9.78 Å². The van der Waals surface area contributed by atoms with Crippen LogP contribution in [0.4, 0.5) is 0 Å². The van der Waals surface area contributed by atoms with E-state index >= 15 is 0 Å². The van der Waals surface area contributed by atoms with Crippen molar-refractivity contribution in [2.75, 3.05) is 13.1 Å². The van der Waals surface area contributed by atoms with Gasteiger partial charge in [0.25, 0.3) is 5.91 Å². The van der Waals surface area contributed by atoms with Gasteiger partial charge in [-0.1, -0.05) is 30.3 Å². The molecule has 4 heteroatoms. The van der Waals surface area contributed by atoms with Crippen molar-refractivity contribution in [2.45, 2.75) is 18.9 Å². The normalized spacial score (nSPS) is 18.5. The molecule has 4 nitrogen and oxygen atoms in total. The Morgan fingerprint density at radius 3 is 2.87 bits per heavy atom. The molecule has 116 valence electrons. The highest BCUT2D eigenvalue weighted by atomic mass is 16.2. The van der Waals surface area contributed by atoms with Gasteiger partial charge in [-0.2, -0.15) is 0 Å². The molecule has 0 aliphatic carbocycles. The average molecular weight is 305 g/mol. The van der Waals surface area contributed by atoms with Gasteiger partial charge >= 0.3 is 0 Å². The number of carbonyl (C=O) groups is 1. The molecule has 0 saturated carbocycles. The summed E-state index contributed by atoms with van der Waals surface area (Å²) in [5.41, 5.74) is 7.48. The van der Waals surface area contributed by atoms with Gasteiger partial charge in [-0.05, 0) is 35.7 Å². The number of piperidine rings is 1. The fraction of sp³-hybridized carbons (Fsp3) is 0.263. The summed E-state index contributed by atoms with van der Waals surface area (Å²) < 4.78 is 0. The van der Waals surface area contributed by atoms with E-state index in [1.165, 1.54) is 0 Å². The van der Waals surface area contributed by atoms with Crippen LogP contribution < -0.4 is 5.73 Å². The maximum Gasteiger partial charge on any atom is 0.256 e. The van der Waals surface area contributed by atoms with E-state index in [0.29, 0.717) is 12.1 Å². The van der Waals surface area contributed by atoms with Crippen molar-refractivity contribution in [1.82, 2.24) is 9.88 Å². The average Bonchev–Trinajstić information content (AvgIpc) is 2.60. The summed E-state index contributed by atoms with van der Waals surface area (Å²) in [5, 5.41) is 3.22. The summed E-state index contributed by atoms with van der Waals surface area (Å²) in [7, 11) is 0. The molecule has 1 aliphatic rings. The van der Waals surface area contributed by atoms with E-state index in [1.54, 1.807) is 6.20 Å². The van der Waals surface area contributed by atoms with Crippen molar-refractivity contribution in [1.29, 1.82) is 0 Å². The number of hydrogen-bond acceptors (Lipinski definition) is 3. The van der Waals surface area contributed by atoms with Crippen LogP contribution in [0.15, 0.2) is 48.7 Å². The summed E-state index contributed by atoms with van der Waals surface area (Å²) in [5.74, 6) is 0.0367. The molecule has 23 heavy (non-hydrogen) atoms. The Labute approximate surface area is 134 Å². The topological polar surface area (TPSA) is 59.2 Å². The molecule has 1 aromatic heterocycles. The summed E-state index contributed by atoms with van der Waals surface area (Å²) in [4.78, 5) is 19.4. The van der Waals surface area contributed by atoms with Crippen LogP contribution in [0.3, 0.4) is 0 Å². The lowest BCUT2D eigenvalue weighted by molar-refractivity contribution is 0.0711. The highest BCUT2D eigenvalue weighted by Crippen LogP contribution is 2.28. The second-order valence-electron chi connectivity index (χ2n) is 6.20. The van der Waals surface area contributed by atoms with Gasteiger partial charge in [0.2, 0.25) is 0 Å². The van der Waals surface area contributed by atoms with Crippen LogP contribution in [0, 0.1) is 0 Å². The van der Waals surface area contributed by atoms with Gasteiger partial charge in [0.15, 0.2) is 0 Å². The third-order valence-electron chi connectivity index (χ3n) is 4.59. The maximum atomic E-state index is 13.0. The fourth-order valence-corrected chi connectivity index (χ4v) is 3.46. The Hall–Kier alpha value is -2.46. The number of amides is 1. The molecule has 1 amide bonds. The number of pyridine rings is 1. The van der Waals surface area contributed by atoms with Crippen molar-refractivity contribution >= 4 is 27.6 Å². The van der Waals surface area contributed by atoms with Crippen molar-refractivity contribution in [3.63, 3.8) is 0 Å². The number of likely N-dealkylation sites (tertiary alicyclic amines) is 1. The minimum absolute atomic E-state index is 0.0367. The fourth-order valence-electron chi connectivity index (χ4n) is 3.46. The maximum absolute atomic E-state index is 13.0. The van der Waals surface area contributed by atoms with Gasteiger partial charge < -0.3 is 10.6 Å². The minimum atomic E-state index is 0.0367. The monoisotopic (exact) mass is 305 g/mol. The van der Waals surface area contributed by atoms with Crippen LogP contribution in [0.1, 0.15) is 23.2 Å². The lowest BCUT2D eigenvalue weighted by Crippen LogP contribution is -2.45. The Morgan fingerprint density at radius 1 is 1.17 bits per heavy atom. The van der Waals surface area contributed by atoms with E-state index in [9.17, 15) is 4.79 Å². The highest BCUT2D eigenvalue weighted by Gasteiger charge is 2.24. The first-order chi connectivity index (χ1) is 11.2. The van der Waals surface area contributed by atoms with Crippen LogP contribution >= 0.6 is 0 Å². The number of hydrogen-bond donors (Lipinski definition) is 1. The van der Waals surface area contributed by atoms with Crippen LogP contribution in [0.2, 0.25) is 0 Å². The summed E-state index contributed by atoms with van der Waals surface area (Å²) in [6, 6.07) is 14.1. The number of rotatable bonds is 1. The van der Waals surface area contributed by atoms with E-state index in [-0.39, 0.29) is 11.9 Å². The van der Waals surface area contributed by atoms with Gasteiger partial charge in [0.05, 0.1) is 11.1 Å². The largest absolute Gasteiger partial charge is 0.337 e. The molecule has 4 rings (SSSR count). The highest BCUT2D eigenvalue weighted by molar-refractivity contribution is 6.15. The number of benzene rings is 2. The lowest BCUT2D eigenvalue weighted by atomic mass is 9.99. The summed E-state index contributed by atoms with van der Waals surface area (Å²) in [6.07, 6.45) is 3.70. The third kappa shape index (κ3) is 2.45. The van der Waals surface area contributed by atoms with Crippen LogP contribution in [-0.4, -0.2) is 34.9 Å². The van der Waals surface area contributed by atoms with Gasteiger partial charge in [-0.15, -0.1) is 0 Å². The quantitative estimate of drug-likeness (QED) is 0.703. The number of nitrogens with two attached hydrogens (primary N) is 1. The standard InChI is InChI=1S/C19H19N3O/c20-14-6-4-10-22(12-14)19(23)17-11-13-5-1-2-7-15(13)16-8-3-9-21-18(16)17/h1-3,5,7-9,11,14H,4,6,10,12,20H2. The Bertz CT molecular complexity index is 890. The number of carbonyl (C=O) groups excluding carboxylic acids is 1. The molecule has 0 radical (unpaired) electrons. The number of fused-ring (bicyclic) bond motifs is 3. The van der Waals surface area contributed by atoms with Crippen LogP contribution in [0.5, 0.6) is 0 Å². The molecule has 2 N–H and O–H groups in total. The van der Waals surface area contributed by atoms with Gasteiger partial charge in [-0.25, -0.2) is 0 Å². The Balaban J connectivity index is 1.89. The molecule has 1 aliphatic heterocycles. The molecule has 2 aromatic carbocycles. The Morgan fingerprint density at radius 2 is 2.00 bits per heavy atom. The first-order valence-corrected chi connectivity index (χ1v) is 8.05. The molecule has 1 atom stereocenters. The molecular weight excluding hydrogens is 286 g/mol. The van der Waals surface area contributed by atoms with Crippen molar-refractivity contribution in [3.8, 4) is 0 Å². The zero-order chi connectivity index (χ0) is 15.8. The predicted molar refractivity (Wildman–Crippen MR) is 92.4 cm³/mol. The van der Waals surface area contributed by atoms with Gasteiger partial charge in [0, 0.05) is 30.7 Å². The first-order valence-electron chi connectivity index (χ1n) is 8.05. The molecule has 0 bridgehead atoms. The van der Waals surface area contributed by atoms with E-state index in [1.807, 2.05) is 41.3 Å². The molecule has 1 unspecified atom stereocenters.